The van der Waals surface area contributed by atoms with Gasteiger partial charge in [-0.05, 0) is 44.1 Å². The zero-order valence-corrected chi connectivity index (χ0v) is 10.8. The number of rotatable bonds is 5. The van der Waals surface area contributed by atoms with Crippen molar-refractivity contribution >= 4 is 12.6 Å². The van der Waals surface area contributed by atoms with Crippen molar-refractivity contribution in [2.45, 2.75) is 26.4 Å². The molecule has 0 amide bonds. The van der Waals surface area contributed by atoms with E-state index in [1.165, 1.54) is 0 Å². The largest absolute Gasteiger partial charge is 0.497 e. The van der Waals surface area contributed by atoms with Crippen molar-refractivity contribution in [2.24, 2.45) is 0 Å². The Balaban J connectivity index is 3.00. The zero-order chi connectivity index (χ0) is 13.0. The van der Waals surface area contributed by atoms with Crippen molar-refractivity contribution < 1.29 is 14.8 Å². The molecule has 94 valence electrons. The van der Waals surface area contributed by atoms with Crippen LogP contribution in [0.25, 0.3) is 0 Å². The fourth-order valence-electron chi connectivity index (χ4n) is 1.55. The third-order valence-electron chi connectivity index (χ3n) is 2.93. The number of hydrogen-bond acceptors (Lipinski definition) is 4. The van der Waals surface area contributed by atoms with Gasteiger partial charge in [-0.15, -0.1) is 0 Å². The lowest BCUT2D eigenvalue weighted by Crippen LogP contribution is -2.36. The van der Waals surface area contributed by atoms with Crippen LogP contribution < -0.4 is 10.2 Å². The molecule has 2 N–H and O–H groups in total. The minimum absolute atomic E-state index is 0.393. The van der Waals surface area contributed by atoms with Crippen molar-refractivity contribution in [1.29, 1.82) is 0 Å². The summed E-state index contributed by atoms with van der Waals surface area (Å²) in [6.45, 7) is 4.84. The Hall–Kier alpha value is -1.04. The molecule has 4 nitrogen and oxygen atoms in total. The van der Waals surface area contributed by atoms with Crippen molar-refractivity contribution in [1.82, 2.24) is 4.90 Å². The Bertz CT molecular complexity index is 369. The molecule has 0 aliphatic carbocycles. The van der Waals surface area contributed by atoms with E-state index < -0.39 is 7.12 Å². The fourth-order valence-corrected chi connectivity index (χ4v) is 1.55. The molecule has 0 heterocycles. The van der Waals surface area contributed by atoms with Crippen LogP contribution in [-0.2, 0) is 6.54 Å². The first-order chi connectivity index (χ1) is 7.95. The molecule has 0 bridgehead atoms. The molecule has 0 radical (unpaired) electrons. The van der Waals surface area contributed by atoms with Gasteiger partial charge >= 0.3 is 7.12 Å². The fraction of sp³-hybridized carbons (Fsp3) is 0.500. The SMILES string of the molecule is COc1ccc(B(O)O)c(CN(C)C(C)C)c1. The maximum Gasteiger partial charge on any atom is 0.488 e. The summed E-state index contributed by atoms with van der Waals surface area (Å²) in [5.41, 5.74) is 1.40. The van der Waals surface area contributed by atoms with Gasteiger partial charge in [-0.1, -0.05) is 6.07 Å². The van der Waals surface area contributed by atoms with Crippen LogP contribution in [0.15, 0.2) is 18.2 Å². The molecule has 0 aromatic heterocycles. The second kappa shape index (κ2) is 6.05. The summed E-state index contributed by atoms with van der Waals surface area (Å²) in [4.78, 5) is 2.13. The number of nitrogens with zero attached hydrogens (tertiary/aromatic N) is 1. The van der Waals surface area contributed by atoms with Crippen molar-refractivity contribution in [2.75, 3.05) is 14.2 Å². The van der Waals surface area contributed by atoms with E-state index in [0.717, 1.165) is 11.3 Å². The molecule has 0 atom stereocenters. The standard InChI is InChI=1S/C12H20BNO3/c1-9(2)14(3)8-10-7-11(17-4)5-6-12(10)13(15)16/h5-7,9,15-16H,8H2,1-4H3. The third-order valence-corrected chi connectivity index (χ3v) is 2.93. The van der Waals surface area contributed by atoms with E-state index in [1.54, 1.807) is 19.2 Å². The monoisotopic (exact) mass is 237 g/mol. The van der Waals surface area contributed by atoms with Gasteiger partial charge in [0.15, 0.2) is 0 Å². The molecule has 0 aliphatic heterocycles. The number of benzene rings is 1. The molecule has 17 heavy (non-hydrogen) atoms. The molecule has 0 saturated carbocycles. The highest BCUT2D eigenvalue weighted by Gasteiger charge is 2.18. The van der Waals surface area contributed by atoms with E-state index >= 15 is 0 Å². The van der Waals surface area contributed by atoms with Gasteiger partial charge in [-0.3, -0.25) is 4.90 Å². The smallest absolute Gasteiger partial charge is 0.488 e. The Morgan fingerprint density at radius 3 is 2.47 bits per heavy atom. The van der Waals surface area contributed by atoms with Gasteiger partial charge in [0.25, 0.3) is 0 Å². The van der Waals surface area contributed by atoms with Crippen LogP contribution in [0.5, 0.6) is 5.75 Å². The second-order valence-electron chi connectivity index (χ2n) is 4.45. The quantitative estimate of drug-likeness (QED) is 0.719. The molecule has 0 unspecified atom stereocenters. The Morgan fingerprint density at radius 2 is 2.00 bits per heavy atom. The first kappa shape index (κ1) is 14.0. The highest BCUT2D eigenvalue weighted by Crippen LogP contribution is 2.13. The lowest BCUT2D eigenvalue weighted by molar-refractivity contribution is 0.265. The molecule has 1 aromatic rings. The number of ether oxygens (including phenoxy) is 1. The predicted octanol–water partition coefficient (Wildman–Crippen LogP) is 0.215. The van der Waals surface area contributed by atoms with E-state index in [2.05, 4.69) is 18.7 Å². The normalized spacial score (nSPS) is 11.1. The van der Waals surface area contributed by atoms with E-state index in [4.69, 9.17) is 4.74 Å². The molecule has 0 spiro atoms. The van der Waals surface area contributed by atoms with Gasteiger partial charge in [0, 0.05) is 12.6 Å². The number of hydrogen-bond donors (Lipinski definition) is 2. The molecule has 1 aromatic carbocycles. The Morgan fingerprint density at radius 1 is 1.35 bits per heavy atom. The predicted molar refractivity (Wildman–Crippen MR) is 69.4 cm³/mol. The average Bonchev–Trinajstić information content (AvgIpc) is 2.28. The summed E-state index contributed by atoms with van der Waals surface area (Å²) in [6.07, 6.45) is 0. The summed E-state index contributed by atoms with van der Waals surface area (Å²) in [5, 5.41) is 18.6. The van der Waals surface area contributed by atoms with Crippen LogP contribution in [0.1, 0.15) is 19.4 Å². The molecule has 0 fully saturated rings. The van der Waals surface area contributed by atoms with Gasteiger partial charge in [0.05, 0.1) is 7.11 Å². The maximum atomic E-state index is 9.32. The highest BCUT2D eigenvalue weighted by atomic mass is 16.5. The first-order valence-electron chi connectivity index (χ1n) is 5.69. The molecular weight excluding hydrogens is 217 g/mol. The summed E-state index contributed by atoms with van der Waals surface area (Å²) >= 11 is 0. The third kappa shape index (κ3) is 3.73. The average molecular weight is 237 g/mol. The summed E-state index contributed by atoms with van der Waals surface area (Å²) < 4.78 is 5.15. The minimum Gasteiger partial charge on any atom is -0.497 e. The molecule has 0 aliphatic rings. The van der Waals surface area contributed by atoms with Crippen LogP contribution in [0.4, 0.5) is 0 Å². The van der Waals surface area contributed by atoms with Crippen molar-refractivity contribution in [3.8, 4) is 5.75 Å². The molecule has 0 saturated heterocycles. The van der Waals surface area contributed by atoms with Gasteiger partial charge < -0.3 is 14.8 Å². The lowest BCUT2D eigenvalue weighted by Gasteiger charge is -2.22. The Kier molecular flexibility index (Phi) is 4.99. The molecule has 1 rings (SSSR count). The van der Waals surface area contributed by atoms with E-state index in [1.807, 2.05) is 13.1 Å². The van der Waals surface area contributed by atoms with Crippen LogP contribution in [0.3, 0.4) is 0 Å². The van der Waals surface area contributed by atoms with E-state index in [-0.39, 0.29) is 0 Å². The van der Waals surface area contributed by atoms with Gasteiger partial charge in [0.2, 0.25) is 0 Å². The van der Waals surface area contributed by atoms with E-state index in [9.17, 15) is 10.0 Å². The Labute approximate surface area is 103 Å². The molecule has 5 heteroatoms. The number of methoxy groups -OCH3 is 1. The summed E-state index contributed by atoms with van der Waals surface area (Å²) in [7, 11) is 2.15. The highest BCUT2D eigenvalue weighted by molar-refractivity contribution is 6.59. The van der Waals surface area contributed by atoms with Crippen LogP contribution in [0, 0.1) is 0 Å². The first-order valence-corrected chi connectivity index (χ1v) is 5.69. The van der Waals surface area contributed by atoms with Crippen molar-refractivity contribution in [3.05, 3.63) is 23.8 Å². The van der Waals surface area contributed by atoms with Gasteiger partial charge in [0.1, 0.15) is 5.75 Å². The van der Waals surface area contributed by atoms with Crippen LogP contribution >= 0.6 is 0 Å². The molecular formula is C12H20BNO3. The summed E-state index contributed by atoms with van der Waals surface area (Å²) in [6, 6.07) is 5.65. The minimum atomic E-state index is -1.45. The van der Waals surface area contributed by atoms with Crippen LogP contribution in [-0.4, -0.2) is 42.3 Å². The zero-order valence-electron chi connectivity index (χ0n) is 10.8. The topological polar surface area (TPSA) is 52.9 Å². The van der Waals surface area contributed by atoms with Crippen molar-refractivity contribution in [3.63, 3.8) is 0 Å². The second-order valence-corrected chi connectivity index (χ2v) is 4.45. The van der Waals surface area contributed by atoms with Crippen LogP contribution in [0.2, 0.25) is 0 Å². The van der Waals surface area contributed by atoms with Gasteiger partial charge in [-0.25, -0.2) is 0 Å². The summed E-state index contributed by atoms with van der Waals surface area (Å²) in [5.74, 6) is 0.724. The maximum absolute atomic E-state index is 9.32. The lowest BCUT2D eigenvalue weighted by atomic mass is 9.77. The van der Waals surface area contributed by atoms with Gasteiger partial charge in [-0.2, -0.15) is 0 Å². The van der Waals surface area contributed by atoms with E-state index in [0.29, 0.717) is 18.0 Å².